The maximum Gasteiger partial charge on any atom is 0.209 e. The molecule has 0 aliphatic carbocycles. The van der Waals surface area contributed by atoms with E-state index in [1.54, 1.807) is 18.2 Å². The minimum atomic E-state index is -0.0764. The van der Waals surface area contributed by atoms with Crippen molar-refractivity contribution in [2.75, 3.05) is 12.8 Å². The fraction of sp³-hybridized carbons (Fsp3) is 0.154. The fourth-order valence-corrected chi connectivity index (χ4v) is 2.55. The maximum atomic E-state index is 12.4. The van der Waals surface area contributed by atoms with Gasteiger partial charge in [0.05, 0.1) is 17.6 Å². The molecule has 0 aliphatic heterocycles. The first-order valence-corrected chi connectivity index (χ1v) is 6.04. The summed E-state index contributed by atoms with van der Waals surface area (Å²) in [4.78, 5) is 13.1. The second kappa shape index (κ2) is 4.59. The molecule has 3 nitrogen and oxygen atoms in total. The number of hydrogen-bond acceptors (Lipinski definition) is 4. The number of ketones is 1. The lowest BCUT2D eigenvalue weighted by molar-refractivity contribution is 0.104. The molecule has 0 aliphatic rings. The predicted octanol–water partition coefficient (Wildman–Crippen LogP) is 2.88. The summed E-state index contributed by atoms with van der Waals surface area (Å²) in [5, 5.41) is 1.90. The van der Waals surface area contributed by atoms with Crippen LogP contribution < -0.4 is 10.5 Å². The second-order valence-corrected chi connectivity index (χ2v) is 4.60. The number of anilines is 1. The van der Waals surface area contributed by atoms with Crippen molar-refractivity contribution in [2.24, 2.45) is 0 Å². The highest BCUT2D eigenvalue weighted by atomic mass is 32.1. The average molecular weight is 247 g/mol. The number of nitrogen functional groups attached to an aromatic ring is 1. The van der Waals surface area contributed by atoms with Gasteiger partial charge in [-0.05, 0) is 36.1 Å². The number of ether oxygens (including phenoxy) is 1. The van der Waals surface area contributed by atoms with E-state index in [0.29, 0.717) is 21.9 Å². The zero-order chi connectivity index (χ0) is 12.4. The summed E-state index contributed by atoms with van der Waals surface area (Å²) in [7, 11) is 1.53. The number of carbonyl (C=O) groups is 1. The number of nitrogens with two attached hydrogens (primary N) is 1. The number of rotatable bonds is 3. The standard InChI is InChI=1S/C13H13NO2S/c1-8-6-7-17-13(8)12(15)11-9(14)4-3-5-10(11)16-2/h3-7H,14H2,1-2H3. The largest absolute Gasteiger partial charge is 0.496 e. The summed E-state index contributed by atoms with van der Waals surface area (Å²) in [6.07, 6.45) is 0. The summed E-state index contributed by atoms with van der Waals surface area (Å²) in [6, 6.07) is 7.14. The molecule has 88 valence electrons. The fourth-order valence-electron chi connectivity index (χ4n) is 1.68. The normalized spacial score (nSPS) is 10.2. The molecular formula is C13H13NO2S. The summed E-state index contributed by atoms with van der Waals surface area (Å²) in [6.45, 7) is 1.91. The van der Waals surface area contributed by atoms with E-state index >= 15 is 0 Å². The smallest absolute Gasteiger partial charge is 0.209 e. The van der Waals surface area contributed by atoms with E-state index in [1.807, 2.05) is 18.4 Å². The molecular weight excluding hydrogens is 234 g/mol. The van der Waals surface area contributed by atoms with Gasteiger partial charge in [0.25, 0.3) is 0 Å². The van der Waals surface area contributed by atoms with Gasteiger partial charge in [-0.25, -0.2) is 0 Å². The number of hydrogen-bond donors (Lipinski definition) is 1. The van der Waals surface area contributed by atoms with Crippen molar-refractivity contribution in [2.45, 2.75) is 6.92 Å². The Hall–Kier alpha value is -1.81. The monoisotopic (exact) mass is 247 g/mol. The number of aryl methyl sites for hydroxylation is 1. The molecule has 0 unspecified atom stereocenters. The highest BCUT2D eigenvalue weighted by molar-refractivity contribution is 7.12. The summed E-state index contributed by atoms with van der Waals surface area (Å²) >= 11 is 1.42. The van der Waals surface area contributed by atoms with Crippen LogP contribution in [0.2, 0.25) is 0 Å². The number of carbonyl (C=O) groups excluding carboxylic acids is 1. The van der Waals surface area contributed by atoms with Crippen LogP contribution in [-0.4, -0.2) is 12.9 Å². The third kappa shape index (κ3) is 2.03. The molecule has 2 N–H and O–H groups in total. The van der Waals surface area contributed by atoms with Gasteiger partial charge in [-0.1, -0.05) is 6.07 Å². The van der Waals surface area contributed by atoms with Crippen molar-refractivity contribution >= 4 is 22.8 Å². The molecule has 17 heavy (non-hydrogen) atoms. The molecule has 0 fully saturated rings. The molecule has 0 amide bonds. The summed E-state index contributed by atoms with van der Waals surface area (Å²) in [5.74, 6) is 0.440. The van der Waals surface area contributed by atoms with Crippen LogP contribution in [0.15, 0.2) is 29.6 Å². The number of thiophene rings is 1. The van der Waals surface area contributed by atoms with Gasteiger partial charge in [-0.3, -0.25) is 4.79 Å². The molecule has 0 bridgehead atoms. The number of methoxy groups -OCH3 is 1. The SMILES string of the molecule is COc1cccc(N)c1C(=O)c1sccc1C. The van der Waals surface area contributed by atoms with Crippen LogP contribution in [0.4, 0.5) is 5.69 Å². The van der Waals surface area contributed by atoms with Crippen molar-refractivity contribution in [3.8, 4) is 5.75 Å². The second-order valence-electron chi connectivity index (χ2n) is 3.69. The van der Waals surface area contributed by atoms with Crippen molar-refractivity contribution in [1.82, 2.24) is 0 Å². The topological polar surface area (TPSA) is 52.3 Å². The van der Waals surface area contributed by atoms with E-state index in [4.69, 9.17) is 10.5 Å². The molecule has 0 atom stereocenters. The molecule has 4 heteroatoms. The lowest BCUT2D eigenvalue weighted by Crippen LogP contribution is -2.07. The molecule has 0 saturated heterocycles. The molecule has 1 heterocycles. The molecule has 2 aromatic rings. The van der Waals surface area contributed by atoms with Gasteiger partial charge >= 0.3 is 0 Å². The van der Waals surface area contributed by atoms with Gasteiger partial charge in [0.15, 0.2) is 0 Å². The Balaban J connectivity index is 2.55. The van der Waals surface area contributed by atoms with Crippen molar-refractivity contribution in [3.63, 3.8) is 0 Å². The van der Waals surface area contributed by atoms with E-state index in [9.17, 15) is 4.79 Å². The van der Waals surface area contributed by atoms with Crippen LogP contribution in [-0.2, 0) is 0 Å². The zero-order valence-corrected chi connectivity index (χ0v) is 10.5. The third-order valence-electron chi connectivity index (χ3n) is 2.57. The van der Waals surface area contributed by atoms with Gasteiger partial charge < -0.3 is 10.5 Å². The van der Waals surface area contributed by atoms with Gasteiger partial charge in [0.2, 0.25) is 5.78 Å². The van der Waals surface area contributed by atoms with E-state index in [-0.39, 0.29) is 5.78 Å². The van der Waals surface area contributed by atoms with Gasteiger partial charge in [0.1, 0.15) is 5.75 Å². The van der Waals surface area contributed by atoms with Gasteiger partial charge in [-0.2, -0.15) is 0 Å². The third-order valence-corrected chi connectivity index (χ3v) is 3.59. The molecule has 0 saturated carbocycles. The van der Waals surface area contributed by atoms with Crippen LogP contribution >= 0.6 is 11.3 Å². The highest BCUT2D eigenvalue weighted by Gasteiger charge is 2.19. The molecule has 1 aromatic heterocycles. The molecule has 0 radical (unpaired) electrons. The first-order valence-electron chi connectivity index (χ1n) is 5.16. The van der Waals surface area contributed by atoms with Gasteiger partial charge in [0, 0.05) is 5.69 Å². The Kier molecular flexibility index (Phi) is 3.15. The van der Waals surface area contributed by atoms with Crippen LogP contribution in [0.3, 0.4) is 0 Å². The molecule has 0 spiro atoms. The summed E-state index contributed by atoms with van der Waals surface area (Å²) in [5.41, 5.74) is 7.71. The Labute approximate surface area is 104 Å². The van der Waals surface area contributed by atoms with E-state index in [2.05, 4.69) is 0 Å². The quantitative estimate of drug-likeness (QED) is 0.670. The number of benzene rings is 1. The van der Waals surface area contributed by atoms with Crippen molar-refractivity contribution < 1.29 is 9.53 Å². The average Bonchev–Trinajstić information content (AvgIpc) is 2.74. The minimum Gasteiger partial charge on any atom is -0.496 e. The molecule has 2 rings (SSSR count). The van der Waals surface area contributed by atoms with Crippen LogP contribution in [0.1, 0.15) is 20.8 Å². The summed E-state index contributed by atoms with van der Waals surface area (Å²) < 4.78 is 5.19. The zero-order valence-electron chi connectivity index (χ0n) is 9.69. The van der Waals surface area contributed by atoms with Crippen molar-refractivity contribution in [1.29, 1.82) is 0 Å². The highest BCUT2D eigenvalue weighted by Crippen LogP contribution is 2.29. The Morgan fingerprint density at radius 3 is 2.71 bits per heavy atom. The van der Waals surface area contributed by atoms with E-state index in [1.165, 1.54) is 18.4 Å². The van der Waals surface area contributed by atoms with Crippen LogP contribution in [0.5, 0.6) is 5.75 Å². The maximum absolute atomic E-state index is 12.4. The minimum absolute atomic E-state index is 0.0764. The first kappa shape index (κ1) is 11.7. The van der Waals surface area contributed by atoms with Gasteiger partial charge in [-0.15, -0.1) is 11.3 Å². The van der Waals surface area contributed by atoms with Crippen LogP contribution in [0.25, 0.3) is 0 Å². The molecule has 1 aromatic carbocycles. The van der Waals surface area contributed by atoms with E-state index < -0.39 is 0 Å². The Bertz CT molecular complexity index is 560. The van der Waals surface area contributed by atoms with Crippen molar-refractivity contribution in [3.05, 3.63) is 45.6 Å². The van der Waals surface area contributed by atoms with E-state index in [0.717, 1.165) is 5.56 Å². The van der Waals surface area contributed by atoms with Crippen LogP contribution in [0, 0.1) is 6.92 Å². The lowest BCUT2D eigenvalue weighted by atomic mass is 10.0. The first-order chi connectivity index (χ1) is 8.15. The Morgan fingerprint density at radius 1 is 1.35 bits per heavy atom. The predicted molar refractivity (Wildman–Crippen MR) is 69.9 cm³/mol. The Morgan fingerprint density at radius 2 is 2.12 bits per heavy atom. The lowest BCUT2D eigenvalue weighted by Gasteiger charge is -2.09.